The van der Waals surface area contributed by atoms with Crippen molar-refractivity contribution >= 4 is 12.6 Å². The van der Waals surface area contributed by atoms with Gasteiger partial charge in [-0.2, -0.15) is 0 Å². The average molecular weight is 270 g/mol. The average Bonchev–Trinajstić information content (AvgIpc) is 2.35. The van der Waals surface area contributed by atoms with E-state index >= 15 is 0 Å². The second kappa shape index (κ2) is 5.05. The predicted molar refractivity (Wildman–Crippen MR) is 86.5 cm³/mol. The van der Waals surface area contributed by atoms with Gasteiger partial charge >= 0.3 is 0 Å². The topological polar surface area (TPSA) is 0 Å². The Kier molecular flexibility index (Phi) is 3.78. The molecule has 0 aliphatic rings. The van der Waals surface area contributed by atoms with E-state index in [2.05, 4.69) is 83.6 Å². The van der Waals surface area contributed by atoms with Crippen LogP contribution >= 0.6 is 12.6 Å². The highest BCUT2D eigenvalue weighted by atomic mass is 32.1. The molecule has 2 rings (SSSR count). The third-order valence-corrected chi connectivity index (χ3v) is 4.64. The van der Waals surface area contributed by atoms with Crippen LogP contribution in [-0.4, -0.2) is 0 Å². The van der Waals surface area contributed by atoms with Gasteiger partial charge < -0.3 is 0 Å². The van der Waals surface area contributed by atoms with Crippen LogP contribution in [0.1, 0.15) is 41.7 Å². The summed E-state index contributed by atoms with van der Waals surface area (Å²) in [6.07, 6.45) is 0. The first-order chi connectivity index (χ1) is 8.82. The van der Waals surface area contributed by atoms with E-state index < -0.39 is 0 Å². The Balaban J connectivity index is 2.51. The number of rotatable bonds is 2. The highest BCUT2D eigenvalue weighted by Gasteiger charge is 2.23. The lowest BCUT2D eigenvalue weighted by molar-refractivity contribution is 0.637. The highest BCUT2D eigenvalue weighted by Crippen LogP contribution is 2.34. The first-order valence-corrected chi connectivity index (χ1v) is 7.15. The van der Waals surface area contributed by atoms with Crippen LogP contribution in [0.15, 0.2) is 41.3 Å². The molecule has 0 unspecified atom stereocenters. The number of hydrogen-bond acceptors (Lipinski definition) is 1. The summed E-state index contributed by atoms with van der Waals surface area (Å²) in [6.45, 7) is 11.0. The van der Waals surface area contributed by atoms with Crippen molar-refractivity contribution in [3.8, 4) is 0 Å². The summed E-state index contributed by atoms with van der Waals surface area (Å²) in [5.74, 6) is 0. The van der Waals surface area contributed by atoms with Crippen LogP contribution in [0.2, 0.25) is 0 Å². The van der Waals surface area contributed by atoms with E-state index in [1.165, 1.54) is 27.8 Å². The van der Waals surface area contributed by atoms with Crippen LogP contribution in [0.25, 0.3) is 0 Å². The van der Waals surface area contributed by atoms with Gasteiger partial charge in [0, 0.05) is 10.3 Å². The Morgan fingerprint density at radius 2 is 1.26 bits per heavy atom. The van der Waals surface area contributed by atoms with Gasteiger partial charge in [-0.1, -0.05) is 44.2 Å². The minimum atomic E-state index is 0.00361. The minimum absolute atomic E-state index is 0.00361. The Bertz CT molecular complexity index is 556. The molecular weight excluding hydrogens is 248 g/mol. The standard InChI is InChI=1S/C18H22S/c1-12-6-8-15(10-14(12)3)18(4,5)16-9-7-13(2)17(19)11-16/h6-11,19H,1-5H3. The van der Waals surface area contributed by atoms with Crippen LogP contribution in [-0.2, 0) is 5.41 Å². The largest absolute Gasteiger partial charge is 0.143 e. The normalized spacial score (nSPS) is 11.7. The molecule has 0 heterocycles. The lowest BCUT2D eigenvalue weighted by Gasteiger charge is -2.27. The number of hydrogen-bond donors (Lipinski definition) is 1. The fourth-order valence-corrected chi connectivity index (χ4v) is 2.51. The van der Waals surface area contributed by atoms with Gasteiger partial charge in [0.25, 0.3) is 0 Å². The van der Waals surface area contributed by atoms with Gasteiger partial charge in [-0.3, -0.25) is 0 Å². The summed E-state index contributed by atoms with van der Waals surface area (Å²) in [6, 6.07) is 13.3. The Labute approximate surface area is 122 Å². The predicted octanol–water partition coefficient (Wildman–Crippen LogP) is 5.23. The lowest BCUT2D eigenvalue weighted by Crippen LogP contribution is -2.19. The molecule has 0 aliphatic heterocycles. The molecule has 0 N–H and O–H groups in total. The second-order valence-electron chi connectivity index (χ2n) is 5.93. The maximum Gasteiger partial charge on any atom is 0.0147 e. The van der Waals surface area contributed by atoms with E-state index in [-0.39, 0.29) is 5.41 Å². The van der Waals surface area contributed by atoms with Crippen molar-refractivity contribution < 1.29 is 0 Å². The van der Waals surface area contributed by atoms with Crippen LogP contribution in [0, 0.1) is 20.8 Å². The molecule has 0 aromatic heterocycles. The smallest absolute Gasteiger partial charge is 0.0147 e. The summed E-state index contributed by atoms with van der Waals surface area (Å²) in [5.41, 5.74) is 6.59. The van der Waals surface area contributed by atoms with Gasteiger partial charge in [-0.05, 0) is 54.7 Å². The van der Waals surface area contributed by atoms with Crippen molar-refractivity contribution in [3.63, 3.8) is 0 Å². The summed E-state index contributed by atoms with van der Waals surface area (Å²) >= 11 is 4.55. The molecule has 0 amide bonds. The van der Waals surface area contributed by atoms with Gasteiger partial charge in [0.05, 0.1) is 0 Å². The molecule has 2 aromatic rings. The van der Waals surface area contributed by atoms with Gasteiger partial charge in [0.1, 0.15) is 0 Å². The molecular formula is C18H22S. The third-order valence-electron chi connectivity index (χ3n) is 4.16. The van der Waals surface area contributed by atoms with Gasteiger partial charge in [0.15, 0.2) is 0 Å². The van der Waals surface area contributed by atoms with Gasteiger partial charge in [-0.15, -0.1) is 12.6 Å². The molecule has 0 bridgehead atoms. The molecule has 0 radical (unpaired) electrons. The first kappa shape index (κ1) is 14.2. The van der Waals surface area contributed by atoms with Crippen molar-refractivity contribution in [3.05, 3.63) is 64.2 Å². The summed E-state index contributed by atoms with van der Waals surface area (Å²) in [5, 5.41) is 0. The quantitative estimate of drug-likeness (QED) is 0.710. The SMILES string of the molecule is Cc1ccc(C(C)(C)c2ccc(C)c(S)c2)cc1C. The molecule has 0 aliphatic carbocycles. The molecule has 1 heteroatoms. The molecule has 0 fully saturated rings. The van der Waals surface area contributed by atoms with E-state index in [0.717, 1.165) is 4.90 Å². The number of aryl methyl sites for hydroxylation is 3. The van der Waals surface area contributed by atoms with Crippen LogP contribution in [0.4, 0.5) is 0 Å². The van der Waals surface area contributed by atoms with Gasteiger partial charge in [-0.25, -0.2) is 0 Å². The zero-order chi connectivity index (χ0) is 14.2. The Hall–Kier alpha value is -1.21. The highest BCUT2D eigenvalue weighted by molar-refractivity contribution is 7.80. The summed E-state index contributed by atoms with van der Waals surface area (Å²) in [4.78, 5) is 1.06. The maximum absolute atomic E-state index is 4.55. The second-order valence-corrected chi connectivity index (χ2v) is 6.41. The molecule has 0 nitrogen and oxygen atoms in total. The van der Waals surface area contributed by atoms with Crippen molar-refractivity contribution in [2.45, 2.75) is 44.9 Å². The van der Waals surface area contributed by atoms with E-state index in [9.17, 15) is 0 Å². The summed E-state index contributed by atoms with van der Waals surface area (Å²) in [7, 11) is 0. The molecule has 2 aromatic carbocycles. The zero-order valence-electron chi connectivity index (χ0n) is 12.4. The first-order valence-electron chi connectivity index (χ1n) is 6.70. The molecule has 0 saturated carbocycles. The van der Waals surface area contributed by atoms with E-state index in [1.54, 1.807) is 0 Å². The van der Waals surface area contributed by atoms with Crippen LogP contribution in [0.5, 0.6) is 0 Å². The van der Waals surface area contributed by atoms with E-state index in [0.29, 0.717) is 0 Å². The molecule has 19 heavy (non-hydrogen) atoms. The minimum Gasteiger partial charge on any atom is -0.143 e. The van der Waals surface area contributed by atoms with Crippen molar-refractivity contribution in [2.75, 3.05) is 0 Å². The molecule has 0 saturated heterocycles. The third kappa shape index (κ3) is 2.71. The zero-order valence-corrected chi connectivity index (χ0v) is 13.3. The molecule has 100 valence electrons. The number of thiol groups is 1. The van der Waals surface area contributed by atoms with Gasteiger partial charge in [0.2, 0.25) is 0 Å². The van der Waals surface area contributed by atoms with Crippen molar-refractivity contribution in [2.24, 2.45) is 0 Å². The monoisotopic (exact) mass is 270 g/mol. The molecule has 0 spiro atoms. The summed E-state index contributed by atoms with van der Waals surface area (Å²) < 4.78 is 0. The van der Waals surface area contributed by atoms with Crippen molar-refractivity contribution in [1.29, 1.82) is 0 Å². The Morgan fingerprint density at radius 1 is 0.737 bits per heavy atom. The fraction of sp³-hybridized carbons (Fsp3) is 0.333. The fourth-order valence-electron chi connectivity index (χ4n) is 2.30. The van der Waals surface area contributed by atoms with Crippen molar-refractivity contribution in [1.82, 2.24) is 0 Å². The van der Waals surface area contributed by atoms with Crippen LogP contribution in [0.3, 0.4) is 0 Å². The Morgan fingerprint density at radius 3 is 1.79 bits per heavy atom. The van der Waals surface area contributed by atoms with E-state index in [4.69, 9.17) is 0 Å². The lowest BCUT2D eigenvalue weighted by atomic mass is 9.77. The number of benzene rings is 2. The van der Waals surface area contributed by atoms with E-state index in [1.807, 2.05) is 0 Å². The maximum atomic E-state index is 4.55. The molecule has 0 atom stereocenters. The van der Waals surface area contributed by atoms with Crippen LogP contribution < -0.4 is 0 Å².